The molecular formula is C11H18N4O4. The number of hydrogen-bond acceptors (Lipinski definition) is 7. The van der Waals surface area contributed by atoms with Crippen molar-refractivity contribution in [2.75, 3.05) is 25.1 Å². The molecule has 19 heavy (non-hydrogen) atoms. The maximum absolute atomic E-state index is 11.0. The Labute approximate surface area is 111 Å². The minimum Gasteiger partial charge on any atom is -0.473 e. The zero-order valence-electron chi connectivity index (χ0n) is 11.0. The Morgan fingerprint density at radius 1 is 1.47 bits per heavy atom. The lowest BCUT2D eigenvalue weighted by molar-refractivity contribution is -0.387. The van der Waals surface area contributed by atoms with Gasteiger partial charge in [-0.3, -0.25) is 10.1 Å². The molecule has 0 amide bonds. The molecule has 1 heterocycles. The zero-order chi connectivity index (χ0) is 14.3. The first-order valence-corrected chi connectivity index (χ1v) is 6.10. The second kappa shape index (κ2) is 7.47. The molecule has 1 rings (SSSR count). The fraction of sp³-hybridized carbons (Fsp3) is 0.636. The van der Waals surface area contributed by atoms with E-state index >= 15 is 0 Å². The summed E-state index contributed by atoms with van der Waals surface area (Å²) in [5.74, 6) is 0.244. The van der Waals surface area contributed by atoms with Crippen LogP contribution in [0.15, 0.2) is 0 Å². The van der Waals surface area contributed by atoms with Gasteiger partial charge in [-0.25, -0.2) is 4.98 Å². The summed E-state index contributed by atoms with van der Waals surface area (Å²) in [5.41, 5.74) is 0.0117. The topological polar surface area (TPSA) is 110 Å². The van der Waals surface area contributed by atoms with Gasteiger partial charge in [0.1, 0.15) is 5.69 Å². The molecule has 1 aromatic rings. The molecule has 2 N–H and O–H groups in total. The minimum atomic E-state index is -0.562. The van der Waals surface area contributed by atoms with Crippen molar-refractivity contribution >= 4 is 11.6 Å². The van der Waals surface area contributed by atoms with Gasteiger partial charge in [0, 0.05) is 19.6 Å². The summed E-state index contributed by atoms with van der Waals surface area (Å²) in [5, 5.41) is 22.6. The van der Waals surface area contributed by atoms with Gasteiger partial charge in [0.2, 0.25) is 5.95 Å². The van der Waals surface area contributed by atoms with Crippen LogP contribution in [0.4, 0.5) is 11.6 Å². The summed E-state index contributed by atoms with van der Waals surface area (Å²) in [4.78, 5) is 18.4. The SMILES string of the molecule is CCCNc1nc(C)c([N+](=O)[O-])c(OCCCO)n1. The van der Waals surface area contributed by atoms with E-state index in [-0.39, 0.29) is 30.5 Å². The van der Waals surface area contributed by atoms with Crippen LogP contribution in [0.1, 0.15) is 25.5 Å². The van der Waals surface area contributed by atoms with Gasteiger partial charge in [0.15, 0.2) is 0 Å². The molecule has 0 saturated carbocycles. The fourth-order valence-electron chi connectivity index (χ4n) is 1.40. The number of hydrogen-bond donors (Lipinski definition) is 2. The van der Waals surface area contributed by atoms with E-state index in [4.69, 9.17) is 9.84 Å². The normalized spacial score (nSPS) is 10.3. The highest BCUT2D eigenvalue weighted by Gasteiger charge is 2.23. The largest absolute Gasteiger partial charge is 0.473 e. The average molecular weight is 270 g/mol. The van der Waals surface area contributed by atoms with Crippen LogP contribution >= 0.6 is 0 Å². The number of aryl methyl sites for hydroxylation is 1. The van der Waals surface area contributed by atoms with Crippen molar-refractivity contribution in [1.29, 1.82) is 0 Å². The molecule has 8 nitrogen and oxygen atoms in total. The van der Waals surface area contributed by atoms with Gasteiger partial charge in [0.25, 0.3) is 5.88 Å². The van der Waals surface area contributed by atoms with E-state index in [0.29, 0.717) is 18.9 Å². The Morgan fingerprint density at radius 2 is 2.21 bits per heavy atom. The van der Waals surface area contributed by atoms with Crippen molar-refractivity contribution in [2.45, 2.75) is 26.7 Å². The van der Waals surface area contributed by atoms with E-state index in [1.807, 2.05) is 6.92 Å². The van der Waals surface area contributed by atoms with Gasteiger partial charge < -0.3 is 15.2 Å². The highest BCUT2D eigenvalue weighted by atomic mass is 16.6. The number of ether oxygens (including phenoxy) is 1. The molecular weight excluding hydrogens is 252 g/mol. The molecule has 1 aromatic heterocycles. The van der Waals surface area contributed by atoms with Gasteiger partial charge >= 0.3 is 5.69 Å². The summed E-state index contributed by atoms with van der Waals surface area (Å²) < 4.78 is 5.25. The van der Waals surface area contributed by atoms with Gasteiger partial charge in [-0.05, 0) is 13.3 Å². The third-order valence-electron chi connectivity index (χ3n) is 2.28. The summed E-state index contributed by atoms with van der Waals surface area (Å²) >= 11 is 0. The number of aliphatic hydroxyl groups excluding tert-OH is 1. The van der Waals surface area contributed by atoms with Crippen LogP contribution in [0, 0.1) is 17.0 Å². The predicted molar refractivity (Wildman–Crippen MR) is 69.4 cm³/mol. The van der Waals surface area contributed by atoms with Crippen molar-refractivity contribution in [2.24, 2.45) is 0 Å². The van der Waals surface area contributed by atoms with Gasteiger partial charge in [-0.15, -0.1) is 0 Å². The smallest absolute Gasteiger partial charge is 0.352 e. The Hall–Kier alpha value is -1.96. The molecule has 0 aliphatic rings. The predicted octanol–water partition coefficient (Wildman–Crippen LogP) is 1.28. The second-order valence-electron chi connectivity index (χ2n) is 3.90. The van der Waals surface area contributed by atoms with Crippen molar-refractivity contribution in [3.05, 3.63) is 15.8 Å². The average Bonchev–Trinajstić information content (AvgIpc) is 2.35. The highest BCUT2D eigenvalue weighted by molar-refractivity contribution is 5.48. The molecule has 0 aliphatic carbocycles. The molecule has 8 heteroatoms. The van der Waals surface area contributed by atoms with Gasteiger partial charge in [0.05, 0.1) is 11.5 Å². The minimum absolute atomic E-state index is 0.0429. The summed E-state index contributed by atoms with van der Waals surface area (Å²) in [6.45, 7) is 4.33. The lowest BCUT2D eigenvalue weighted by atomic mass is 10.3. The van der Waals surface area contributed by atoms with Crippen LogP contribution in [0.25, 0.3) is 0 Å². The van der Waals surface area contributed by atoms with E-state index < -0.39 is 4.92 Å². The molecule has 0 saturated heterocycles. The number of aliphatic hydroxyl groups is 1. The highest BCUT2D eigenvalue weighted by Crippen LogP contribution is 2.28. The van der Waals surface area contributed by atoms with E-state index in [1.165, 1.54) is 6.92 Å². The van der Waals surface area contributed by atoms with Crippen LogP contribution in [0.3, 0.4) is 0 Å². The molecule has 0 aromatic carbocycles. The number of nitrogens with zero attached hydrogens (tertiary/aromatic N) is 3. The van der Waals surface area contributed by atoms with Crippen molar-refractivity contribution in [3.8, 4) is 5.88 Å². The lowest BCUT2D eigenvalue weighted by Gasteiger charge is -2.09. The number of nitro groups is 1. The maximum atomic E-state index is 11.0. The van der Waals surface area contributed by atoms with Crippen molar-refractivity contribution in [1.82, 2.24) is 9.97 Å². The number of nitrogens with one attached hydrogen (secondary N) is 1. The Kier molecular flexibility index (Phi) is 5.94. The maximum Gasteiger partial charge on any atom is 0.352 e. The number of rotatable bonds is 8. The Bertz CT molecular complexity index is 439. The van der Waals surface area contributed by atoms with E-state index in [9.17, 15) is 10.1 Å². The summed E-state index contributed by atoms with van der Waals surface area (Å²) in [7, 11) is 0. The second-order valence-corrected chi connectivity index (χ2v) is 3.90. The Morgan fingerprint density at radius 3 is 2.79 bits per heavy atom. The third-order valence-corrected chi connectivity index (χ3v) is 2.28. The van der Waals surface area contributed by atoms with E-state index in [2.05, 4.69) is 15.3 Å². The third kappa shape index (κ3) is 4.32. The summed E-state index contributed by atoms with van der Waals surface area (Å²) in [6.07, 6.45) is 1.28. The van der Waals surface area contributed by atoms with Crippen molar-refractivity contribution in [3.63, 3.8) is 0 Å². The molecule has 106 valence electrons. The monoisotopic (exact) mass is 270 g/mol. The van der Waals surface area contributed by atoms with E-state index in [1.54, 1.807) is 0 Å². The number of aromatic nitrogens is 2. The van der Waals surface area contributed by atoms with Gasteiger partial charge in [-0.1, -0.05) is 6.92 Å². The quantitative estimate of drug-likeness (QED) is 0.416. The van der Waals surface area contributed by atoms with Gasteiger partial charge in [-0.2, -0.15) is 4.98 Å². The first-order valence-electron chi connectivity index (χ1n) is 6.10. The molecule has 0 aliphatic heterocycles. The first-order chi connectivity index (χ1) is 9.10. The zero-order valence-corrected chi connectivity index (χ0v) is 11.0. The van der Waals surface area contributed by atoms with E-state index in [0.717, 1.165) is 6.42 Å². The van der Waals surface area contributed by atoms with Crippen LogP contribution < -0.4 is 10.1 Å². The van der Waals surface area contributed by atoms with Crippen LogP contribution in [0.2, 0.25) is 0 Å². The first kappa shape index (κ1) is 15.1. The molecule has 0 atom stereocenters. The summed E-state index contributed by atoms with van der Waals surface area (Å²) in [6, 6.07) is 0. The number of anilines is 1. The molecule has 0 fully saturated rings. The van der Waals surface area contributed by atoms with Crippen LogP contribution in [-0.2, 0) is 0 Å². The lowest BCUT2D eigenvalue weighted by Crippen LogP contribution is -2.10. The van der Waals surface area contributed by atoms with Crippen molar-refractivity contribution < 1.29 is 14.8 Å². The molecule has 0 radical (unpaired) electrons. The van der Waals surface area contributed by atoms with Crippen LogP contribution in [-0.4, -0.2) is 39.8 Å². The molecule has 0 spiro atoms. The molecule has 0 unspecified atom stereocenters. The fourth-order valence-corrected chi connectivity index (χ4v) is 1.40. The molecule has 0 bridgehead atoms. The Balaban J connectivity index is 2.99. The van der Waals surface area contributed by atoms with Crippen LogP contribution in [0.5, 0.6) is 5.88 Å². The standard InChI is InChI=1S/C11H18N4O4/c1-3-5-12-11-13-8(2)9(15(17)18)10(14-11)19-7-4-6-16/h16H,3-7H2,1-2H3,(H,12,13,14).